The molecule has 0 spiro atoms. The number of hydrogen-bond acceptors (Lipinski definition) is 5. The van der Waals surface area contributed by atoms with Gasteiger partial charge in [-0.05, 0) is 25.2 Å². The van der Waals surface area contributed by atoms with Crippen molar-refractivity contribution in [2.24, 2.45) is 23.7 Å². The molecule has 2 bridgehead atoms. The van der Waals surface area contributed by atoms with Crippen molar-refractivity contribution in [3.8, 4) is 0 Å². The molecule has 0 radical (unpaired) electrons. The van der Waals surface area contributed by atoms with Gasteiger partial charge in [-0.25, -0.2) is 4.98 Å². The number of amides is 1. The number of carboxylic acid groups (broad SMARTS) is 1. The summed E-state index contributed by atoms with van der Waals surface area (Å²) in [6, 6.07) is 0. The largest absolute Gasteiger partial charge is 0.550 e. The van der Waals surface area contributed by atoms with Crippen molar-refractivity contribution in [3.05, 3.63) is 23.2 Å². The second-order valence-corrected chi connectivity index (χ2v) is 5.96. The molecule has 5 nitrogen and oxygen atoms in total. The zero-order valence-corrected chi connectivity index (χ0v) is 11.1. The fourth-order valence-corrected chi connectivity index (χ4v) is 3.79. The van der Waals surface area contributed by atoms with Crippen LogP contribution in [0.2, 0.25) is 0 Å². The molecule has 0 aliphatic heterocycles. The monoisotopic (exact) mass is 277 g/mol. The number of aromatic nitrogens is 1. The highest BCUT2D eigenvalue weighted by molar-refractivity contribution is 7.13. The van der Waals surface area contributed by atoms with E-state index in [1.165, 1.54) is 11.3 Å². The molecule has 4 atom stereocenters. The Morgan fingerprint density at radius 1 is 1.37 bits per heavy atom. The summed E-state index contributed by atoms with van der Waals surface area (Å²) in [5, 5.41) is 16.3. The summed E-state index contributed by atoms with van der Waals surface area (Å²) in [6.45, 7) is 1.84. The molecule has 3 rings (SSSR count). The van der Waals surface area contributed by atoms with Gasteiger partial charge in [0.15, 0.2) is 5.13 Å². The van der Waals surface area contributed by atoms with Gasteiger partial charge in [-0.2, -0.15) is 0 Å². The Morgan fingerprint density at radius 2 is 2.05 bits per heavy atom. The number of carbonyl (C=O) groups is 2. The summed E-state index contributed by atoms with van der Waals surface area (Å²) in [5.41, 5.74) is 0.838. The zero-order chi connectivity index (χ0) is 13.6. The van der Waals surface area contributed by atoms with Crippen molar-refractivity contribution in [2.45, 2.75) is 13.3 Å². The van der Waals surface area contributed by atoms with Crippen LogP contribution in [-0.4, -0.2) is 16.9 Å². The SMILES string of the molecule is Cc1csc(NC(=O)[C@H]2[C@H](C(=O)[O-])[C@@H]3C=C[C@H]2C3)n1. The van der Waals surface area contributed by atoms with E-state index >= 15 is 0 Å². The number of rotatable bonds is 3. The van der Waals surface area contributed by atoms with E-state index < -0.39 is 17.8 Å². The number of aryl methyl sites for hydroxylation is 1. The van der Waals surface area contributed by atoms with Crippen LogP contribution in [0.3, 0.4) is 0 Å². The summed E-state index contributed by atoms with van der Waals surface area (Å²) >= 11 is 1.34. The first kappa shape index (κ1) is 12.3. The number of aliphatic carboxylic acids is 1. The Bertz CT molecular complexity index is 566. The lowest BCUT2D eigenvalue weighted by atomic mass is 9.82. The highest BCUT2D eigenvalue weighted by Crippen LogP contribution is 2.48. The number of nitrogens with zero attached hydrogens (tertiary/aromatic N) is 1. The van der Waals surface area contributed by atoms with E-state index in [0.29, 0.717) is 5.13 Å². The first-order valence-corrected chi connectivity index (χ1v) is 7.06. The number of fused-ring (bicyclic) bond motifs is 2. The minimum atomic E-state index is -1.13. The Labute approximate surface area is 114 Å². The van der Waals surface area contributed by atoms with Crippen molar-refractivity contribution in [2.75, 3.05) is 5.32 Å². The number of hydrogen-bond donors (Lipinski definition) is 1. The standard InChI is InChI=1S/C13H14N2O3S/c1-6-5-19-13(14-6)15-11(16)9-7-2-3-8(4-7)10(9)12(17)18/h2-3,5,7-10H,4H2,1H3,(H,17,18)(H,14,15,16)/p-1/t7-,8+,9+,10+/m0/s1. The van der Waals surface area contributed by atoms with Gasteiger partial charge in [0.1, 0.15) is 0 Å². The number of thiazole rings is 1. The molecule has 100 valence electrons. The summed E-state index contributed by atoms with van der Waals surface area (Å²) in [4.78, 5) is 27.6. The number of anilines is 1. The van der Waals surface area contributed by atoms with Crippen molar-refractivity contribution in [3.63, 3.8) is 0 Å². The number of carboxylic acids is 1. The average molecular weight is 277 g/mol. The van der Waals surface area contributed by atoms with Crippen LogP contribution in [0.5, 0.6) is 0 Å². The van der Waals surface area contributed by atoms with Gasteiger partial charge in [0.05, 0.1) is 11.6 Å². The summed E-state index contributed by atoms with van der Waals surface area (Å²) in [5.74, 6) is -2.70. The van der Waals surface area contributed by atoms with Gasteiger partial charge in [0, 0.05) is 17.3 Å². The quantitative estimate of drug-likeness (QED) is 0.819. The van der Waals surface area contributed by atoms with Crippen LogP contribution in [0.4, 0.5) is 5.13 Å². The molecule has 1 saturated carbocycles. The van der Waals surface area contributed by atoms with E-state index in [-0.39, 0.29) is 17.7 Å². The maximum absolute atomic E-state index is 12.3. The third-order valence-electron chi connectivity index (χ3n) is 3.88. The highest BCUT2D eigenvalue weighted by atomic mass is 32.1. The topological polar surface area (TPSA) is 82.1 Å². The number of allylic oxidation sites excluding steroid dienone is 2. The van der Waals surface area contributed by atoms with E-state index in [4.69, 9.17) is 0 Å². The number of carbonyl (C=O) groups excluding carboxylic acids is 2. The zero-order valence-electron chi connectivity index (χ0n) is 10.3. The average Bonchev–Trinajstić information content (AvgIpc) is 3.03. The van der Waals surface area contributed by atoms with Gasteiger partial charge < -0.3 is 15.2 Å². The Hall–Kier alpha value is -1.69. The normalized spacial score (nSPS) is 31.6. The molecule has 19 heavy (non-hydrogen) atoms. The molecule has 6 heteroatoms. The summed E-state index contributed by atoms with van der Waals surface area (Å²) in [6.07, 6.45) is 4.57. The van der Waals surface area contributed by atoms with Gasteiger partial charge >= 0.3 is 0 Å². The molecule has 2 aliphatic rings. The van der Waals surface area contributed by atoms with Gasteiger partial charge in [0.2, 0.25) is 5.91 Å². The molecule has 1 aromatic heterocycles. The third kappa shape index (κ3) is 2.06. The van der Waals surface area contributed by atoms with E-state index in [9.17, 15) is 14.7 Å². The molecule has 0 saturated heterocycles. The third-order valence-corrected chi connectivity index (χ3v) is 4.76. The molecule has 1 heterocycles. The van der Waals surface area contributed by atoms with E-state index in [0.717, 1.165) is 12.1 Å². The van der Waals surface area contributed by atoms with Crippen molar-refractivity contribution >= 4 is 28.3 Å². The highest BCUT2D eigenvalue weighted by Gasteiger charge is 2.48. The van der Waals surface area contributed by atoms with Crippen LogP contribution in [0, 0.1) is 30.6 Å². The van der Waals surface area contributed by atoms with Crippen molar-refractivity contribution in [1.29, 1.82) is 0 Å². The fraction of sp³-hybridized carbons (Fsp3) is 0.462. The van der Waals surface area contributed by atoms with Crippen LogP contribution in [0.15, 0.2) is 17.5 Å². The molecule has 2 aliphatic carbocycles. The second kappa shape index (κ2) is 4.45. The molecule has 1 aromatic rings. The lowest BCUT2D eigenvalue weighted by Crippen LogP contribution is -2.42. The Morgan fingerprint density at radius 3 is 2.63 bits per heavy atom. The Balaban J connectivity index is 1.79. The van der Waals surface area contributed by atoms with Crippen molar-refractivity contribution < 1.29 is 14.7 Å². The predicted octanol–water partition coefficient (Wildman–Crippen LogP) is 0.578. The van der Waals surface area contributed by atoms with Gasteiger partial charge in [0.25, 0.3) is 0 Å². The molecule has 0 aromatic carbocycles. The van der Waals surface area contributed by atoms with Crippen LogP contribution in [0.1, 0.15) is 12.1 Å². The first-order chi connectivity index (χ1) is 9.06. The van der Waals surface area contributed by atoms with Crippen LogP contribution >= 0.6 is 11.3 Å². The number of nitrogens with one attached hydrogen (secondary N) is 1. The smallest absolute Gasteiger partial charge is 0.230 e. The maximum Gasteiger partial charge on any atom is 0.230 e. The molecular weight excluding hydrogens is 264 g/mol. The molecule has 1 fully saturated rings. The van der Waals surface area contributed by atoms with E-state index in [1.807, 2.05) is 24.5 Å². The minimum Gasteiger partial charge on any atom is -0.550 e. The first-order valence-electron chi connectivity index (χ1n) is 6.18. The van der Waals surface area contributed by atoms with Crippen LogP contribution < -0.4 is 10.4 Å². The summed E-state index contributed by atoms with van der Waals surface area (Å²) < 4.78 is 0. The van der Waals surface area contributed by atoms with Gasteiger partial charge in [-0.3, -0.25) is 4.79 Å². The fourth-order valence-electron chi connectivity index (χ4n) is 3.10. The van der Waals surface area contributed by atoms with Crippen LogP contribution in [0.25, 0.3) is 0 Å². The molecule has 0 unspecified atom stereocenters. The Kier molecular flexibility index (Phi) is 2.89. The predicted molar refractivity (Wildman–Crippen MR) is 68.2 cm³/mol. The minimum absolute atomic E-state index is 0.00830. The molecular formula is C13H13N2O3S-. The maximum atomic E-state index is 12.3. The van der Waals surface area contributed by atoms with E-state index in [2.05, 4.69) is 10.3 Å². The lowest BCUT2D eigenvalue weighted by Gasteiger charge is -2.27. The van der Waals surface area contributed by atoms with Crippen LogP contribution in [-0.2, 0) is 9.59 Å². The second-order valence-electron chi connectivity index (χ2n) is 5.10. The molecule has 1 N–H and O–H groups in total. The summed E-state index contributed by atoms with van der Waals surface area (Å²) in [7, 11) is 0. The lowest BCUT2D eigenvalue weighted by molar-refractivity contribution is -0.313. The van der Waals surface area contributed by atoms with Gasteiger partial charge in [-0.15, -0.1) is 11.3 Å². The van der Waals surface area contributed by atoms with E-state index in [1.54, 1.807) is 0 Å². The van der Waals surface area contributed by atoms with Gasteiger partial charge in [-0.1, -0.05) is 12.2 Å². The van der Waals surface area contributed by atoms with Crippen molar-refractivity contribution in [1.82, 2.24) is 4.98 Å². The molecule has 1 amide bonds.